The molecular weight excluding hydrogens is 448 g/mol. The molecule has 3 aromatic carbocycles. The fourth-order valence-electron chi connectivity index (χ4n) is 2.87. The van der Waals surface area contributed by atoms with Crippen LogP contribution in [0.25, 0.3) is 10.6 Å². The maximum atomic E-state index is 12.9. The smallest absolute Gasteiger partial charge is 0.259 e. The first-order valence-electron chi connectivity index (χ1n) is 9.49. The van der Waals surface area contributed by atoms with Crippen LogP contribution in [-0.4, -0.2) is 29.1 Å². The molecule has 0 aliphatic rings. The van der Waals surface area contributed by atoms with E-state index < -0.39 is 5.91 Å². The molecule has 9 heteroatoms. The van der Waals surface area contributed by atoms with Crippen LogP contribution in [0.15, 0.2) is 72.8 Å². The number of amides is 2. The molecule has 4 rings (SSSR count). The Hall–Kier alpha value is -3.75. The van der Waals surface area contributed by atoms with E-state index in [1.165, 1.54) is 11.3 Å². The highest BCUT2D eigenvalue weighted by Gasteiger charge is 2.16. The van der Waals surface area contributed by atoms with Crippen molar-refractivity contribution in [3.05, 3.63) is 88.9 Å². The average Bonchev–Trinajstić information content (AvgIpc) is 3.28. The second-order valence-corrected chi connectivity index (χ2v) is 8.02. The summed E-state index contributed by atoms with van der Waals surface area (Å²) in [4.78, 5) is 25.4. The fourth-order valence-corrected chi connectivity index (χ4v) is 3.74. The number of benzene rings is 3. The van der Waals surface area contributed by atoms with Crippen molar-refractivity contribution in [2.24, 2.45) is 0 Å². The minimum absolute atomic E-state index is 0.302. The minimum Gasteiger partial charge on any atom is -0.497 e. The van der Waals surface area contributed by atoms with Gasteiger partial charge < -0.3 is 10.1 Å². The quantitative estimate of drug-likeness (QED) is 0.400. The Morgan fingerprint density at radius 3 is 2.31 bits per heavy atom. The first kappa shape index (κ1) is 21.5. The summed E-state index contributed by atoms with van der Waals surface area (Å²) in [5.41, 5.74) is 1.97. The van der Waals surface area contributed by atoms with Crippen LogP contribution < -0.4 is 15.4 Å². The molecule has 7 nitrogen and oxygen atoms in total. The number of halogens is 1. The first-order valence-corrected chi connectivity index (χ1v) is 10.7. The van der Waals surface area contributed by atoms with Crippen LogP contribution in [0.4, 0.5) is 10.8 Å². The number of nitrogens with one attached hydrogen (secondary N) is 2. The second-order valence-electron chi connectivity index (χ2n) is 6.60. The van der Waals surface area contributed by atoms with Crippen molar-refractivity contribution in [3.63, 3.8) is 0 Å². The number of hydrogen-bond donors (Lipinski definition) is 2. The number of nitrogens with zero attached hydrogens (tertiary/aromatic N) is 2. The fraction of sp³-hybridized carbons (Fsp3) is 0.0435. The summed E-state index contributed by atoms with van der Waals surface area (Å²) in [6.45, 7) is 0. The summed E-state index contributed by atoms with van der Waals surface area (Å²) in [5.74, 6) is -0.0156. The lowest BCUT2D eigenvalue weighted by molar-refractivity contribution is 0.102. The first-order chi connectivity index (χ1) is 15.5. The zero-order valence-corrected chi connectivity index (χ0v) is 18.4. The Labute approximate surface area is 193 Å². The number of rotatable bonds is 6. The van der Waals surface area contributed by atoms with Gasteiger partial charge in [-0.3, -0.25) is 14.9 Å². The van der Waals surface area contributed by atoms with E-state index in [0.29, 0.717) is 32.0 Å². The number of ether oxygens (including phenoxy) is 1. The third-order valence-corrected chi connectivity index (χ3v) is 5.65. The molecule has 0 aliphatic carbocycles. The lowest BCUT2D eigenvalue weighted by Gasteiger charge is -2.10. The molecule has 1 heterocycles. The number of anilines is 2. The molecule has 0 aliphatic heterocycles. The summed E-state index contributed by atoms with van der Waals surface area (Å²) >= 11 is 7.12. The van der Waals surface area contributed by atoms with E-state index in [1.807, 2.05) is 24.3 Å². The maximum Gasteiger partial charge on any atom is 0.259 e. The number of aromatic nitrogens is 2. The van der Waals surface area contributed by atoms with Crippen molar-refractivity contribution < 1.29 is 14.3 Å². The van der Waals surface area contributed by atoms with Crippen LogP contribution in [-0.2, 0) is 0 Å². The Bertz CT molecular complexity index is 1260. The molecule has 32 heavy (non-hydrogen) atoms. The lowest BCUT2D eigenvalue weighted by atomic mass is 10.1. The normalized spacial score (nSPS) is 10.4. The van der Waals surface area contributed by atoms with E-state index in [4.69, 9.17) is 16.3 Å². The topological polar surface area (TPSA) is 93.2 Å². The molecule has 0 atom stereocenters. The zero-order valence-electron chi connectivity index (χ0n) is 16.8. The van der Waals surface area contributed by atoms with Gasteiger partial charge >= 0.3 is 0 Å². The van der Waals surface area contributed by atoms with Gasteiger partial charge in [0.05, 0.1) is 18.4 Å². The highest BCUT2D eigenvalue weighted by Crippen LogP contribution is 2.28. The van der Waals surface area contributed by atoms with Crippen LogP contribution in [0.5, 0.6) is 5.75 Å². The van der Waals surface area contributed by atoms with E-state index in [1.54, 1.807) is 55.6 Å². The average molecular weight is 465 g/mol. The van der Waals surface area contributed by atoms with Crippen LogP contribution in [0, 0.1) is 0 Å². The Morgan fingerprint density at radius 2 is 1.59 bits per heavy atom. The molecule has 0 saturated carbocycles. The van der Waals surface area contributed by atoms with Crippen LogP contribution in [0.2, 0.25) is 5.02 Å². The molecule has 0 spiro atoms. The Balaban J connectivity index is 1.49. The van der Waals surface area contributed by atoms with Gasteiger partial charge in [0, 0.05) is 16.1 Å². The molecule has 0 saturated heterocycles. The molecule has 0 fully saturated rings. The maximum absolute atomic E-state index is 12.9. The highest BCUT2D eigenvalue weighted by molar-refractivity contribution is 7.18. The van der Waals surface area contributed by atoms with Gasteiger partial charge in [-0.05, 0) is 60.7 Å². The standard InChI is InChI=1S/C23H17ClN4O3S/c1-31-17-12-8-15(9-13-17)22-27-28-23(32-22)26-21(30)18-4-2-3-5-19(18)25-20(29)14-6-10-16(24)11-7-14/h2-13H,1H3,(H,25,29)(H,26,28,30). The molecule has 2 amide bonds. The predicted octanol–water partition coefficient (Wildman–Crippen LogP) is 5.37. The van der Waals surface area contributed by atoms with Gasteiger partial charge in [0.1, 0.15) is 10.8 Å². The lowest BCUT2D eigenvalue weighted by Crippen LogP contribution is -2.18. The van der Waals surface area contributed by atoms with Crippen molar-refractivity contribution in [2.75, 3.05) is 17.7 Å². The van der Waals surface area contributed by atoms with Crippen LogP contribution in [0.3, 0.4) is 0 Å². The Kier molecular flexibility index (Phi) is 6.44. The second kappa shape index (κ2) is 9.59. The largest absolute Gasteiger partial charge is 0.497 e. The number of methoxy groups -OCH3 is 1. The van der Waals surface area contributed by atoms with Gasteiger partial charge in [0.25, 0.3) is 11.8 Å². The number of hydrogen-bond acceptors (Lipinski definition) is 6. The van der Waals surface area contributed by atoms with E-state index in [9.17, 15) is 9.59 Å². The van der Waals surface area contributed by atoms with Gasteiger partial charge in [0.15, 0.2) is 0 Å². The number of carbonyl (C=O) groups is 2. The minimum atomic E-state index is -0.408. The molecule has 1 aromatic heterocycles. The van der Waals surface area contributed by atoms with Gasteiger partial charge in [-0.15, -0.1) is 10.2 Å². The SMILES string of the molecule is COc1ccc(-c2nnc(NC(=O)c3ccccc3NC(=O)c3ccc(Cl)cc3)s2)cc1. The zero-order chi connectivity index (χ0) is 22.5. The van der Waals surface area contributed by atoms with Crippen molar-refractivity contribution in [1.29, 1.82) is 0 Å². The molecule has 160 valence electrons. The van der Waals surface area contributed by atoms with Crippen molar-refractivity contribution in [3.8, 4) is 16.3 Å². The van der Waals surface area contributed by atoms with Gasteiger partial charge in [-0.1, -0.05) is 35.1 Å². The van der Waals surface area contributed by atoms with Gasteiger partial charge in [-0.25, -0.2) is 0 Å². The molecule has 4 aromatic rings. The van der Waals surface area contributed by atoms with Crippen molar-refractivity contribution in [2.45, 2.75) is 0 Å². The molecule has 2 N–H and O–H groups in total. The van der Waals surface area contributed by atoms with Crippen molar-refractivity contribution in [1.82, 2.24) is 10.2 Å². The van der Waals surface area contributed by atoms with Gasteiger partial charge in [-0.2, -0.15) is 0 Å². The number of para-hydroxylation sites is 1. The van der Waals surface area contributed by atoms with E-state index >= 15 is 0 Å². The third-order valence-electron chi connectivity index (χ3n) is 4.51. The molecule has 0 unspecified atom stereocenters. The summed E-state index contributed by atoms with van der Waals surface area (Å²) < 4.78 is 5.16. The molecule has 0 bridgehead atoms. The highest BCUT2D eigenvalue weighted by atomic mass is 35.5. The predicted molar refractivity (Wildman–Crippen MR) is 126 cm³/mol. The van der Waals surface area contributed by atoms with E-state index in [2.05, 4.69) is 20.8 Å². The summed E-state index contributed by atoms with van der Waals surface area (Å²) in [5, 5.41) is 15.2. The third kappa shape index (κ3) is 4.93. The summed E-state index contributed by atoms with van der Waals surface area (Å²) in [7, 11) is 1.60. The Morgan fingerprint density at radius 1 is 0.875 bits per heavy atom. The summed E-state index contributed by atoms with van der Waals surface area (Å²) in [6, 6.07) is 20.6. The molecular formula is C23H17ClN4O3S. The van der Waals surface area contributed by atoms with E-state index in [0.717, 1.165) is 11.3 Å². The monoisotopic (exact) mass is 464 g/mol. The van der Waals surface area contributed by atoms with Crippen LogP contribution >= 0.6 is 22.9 Å². The van der Waals surface area contributed by atoms with Crippen LogP contribution in [0.1, 0.15) is 20.7 Å². The molecule has 0 radical (unpaired) electrons. The van der Waals surface area contributed by atoms with E-state index in [-0.39, 0.29) is 5.91 Å². The summed E-state index contributed by atoms with van der Waals surface area (Å²) in [6.07, 6.45) is 0. The van der Waals surface area contributed by atoms with Gasteiger partial charge in [0.2, 0.25) is 5.13 Å². The van der Waals surface area contributed by atoms with Crippen molar-refractivity contribution >= 4 is 45.6 Å². The number of carbonyl (C=O) groups excluding carboxylic acids is 2.